The third-order valence-electron chi connectivity index (χ3n) is 2.67. The van der Waals surface area contributed by atoms with E-state index in [0.717, 1.165) is 10.9 Å². The van der Waals surface area contributed by atoms with Crippen LogP contribution >= 0.6 is 15.9 Å². The number of hydrogen-bond donors (Lipinski definition) is 0. The molecule has 1 aliphatic heterocycles. The molecule has 0 bridgehead atoms. The van der Waals surface area contributed by atoms with Crippen LogP contribution in [0.5, 0.6) is 0 Å². The van der Waals surface area contributed by atoms with Crippen molar-refractivity contribution in [2.45, 2.75) is 24.7 Å². The number of amides is 2. The van der Waals surface area contributed by atoms with Crippen molar-refractivity contribution in [1.82, 2.24) is 4.90 Å². The minimum Gasteiger partial charge on any atom is -0.278 e. The molecule has 1 fully saturated rings. The van der Waals surface area contributed by atoms with Gasteiger partial charge in [-0.2, -0.15) is 0 Å². The lowest BCUT2D eigenvalue weighted by Crippen LogP contribution is -2.28. The van der Waals surface area contributed by atoms with Crippen LogP contribution in [0, 0.1) is 0 Å². The number of nitrogens with zero attached hydrogens (tertiary/aromatic N) is 1. The largest absolute Gasteiger partial charge is 0.278 e. The van der Waals surface area contributed by atoms with Crippen molar-refractivity contribution in [1.29, 1.82) is 0 Å². The molecule has 2 rings (SSSR count). The first kappa shape index (κ1) is 11.3. The highest BCUT2D eigenvalue weighted by Crippen LogP contribution is 2.16. The van der Waals surface area contributed by atoms with E-state index in [1.165, 1.54) is 10.5 Å². The second kappa shape index (κ2) is 4.78. The van der Waals surface area contributed by atoms with Crippen LogP contribution in [-0.2, 0) is 21.5 Å². The maximum Gasteiger partial charge on any atom is 0.229 e. The summed E-state index contributed by atoms with van der Waals surface area (Å²) in [4.78, 5) is 24.2. The first-order chi connectivity index (χ1) is 7.70. The lowest BCUT2D eigenvalue weighted by molar-refractivity contribution is -0.139. The molecule has 0 saturated carbocycles. The summed E-state index contributed by atoms with van der Waals surface area (Å²) in [6.45, 7) is 0.403. The lowest BCUT2D eigenvalue weighted by atomic mass is 10.1. The van der Waals surface area contributed by atoms with Gasteiger partial charge in [-0.1, -0.05) is 40.2 Å². The Morgan fingerprint density at radius 3 is 2.00 bits per heavy atom. The van der Waals surface area contributed by atoms with Gasteiger partial charge in [-0.3, -0.25) is 14.5 Å². The first-order valence-corrected chi connectivity index (χ1v) is 6.30. The predicted octanol–water partition coefficient (Wildman–Crippen LogP) is 2.23. The van der Waals surface area contributed by atoms with Crippen molar-refractivity contribution in [3.05, 3.63) is 35.4 Å². The van der Waals surface area contributed by atoms with Gasteiger partial charge in [0, 0.05) is 18.2 Å². The van der Waals surface area contributed by atoms with E-state index in [1.807, 2.05) is 24.3 Å². The number of halogens is 1. The predicted molar refractivity (Wildman–Crippen MR) is 63.9 cm³/mol. The number of alkyl halides is 1. The van der Waals surface area contributed by atoms with E-state index >= 15 is 0 Å². The smallest absolute Gasteiger partial charge is 0.229 e. The molecular formula is C12H12BrNO2. The van der Waals surface area contributed by atoms with E-state index in [2.05, 4.69) is 15.9 Å². The molecule has 3 nitrogen and oxygen atoms in total. The van der Waals surface area contributed by atoms with E-state index in [0.29, 0.717) is 19.4 Å². The fourth-order valence-electron chi connectivity index (χ4n) is 1.72. The topological polar surface area (TPSA) is 37.4 Å². The summed E-state index contributed by atoms with van der Waals surface area (Å²) in [6, 6.07) is 7.90. The summed E-state index contributed by atoms with van der Waals surface area (Å²) in [5, 5.41) is 0.814. The Balaban J connectivity index is 2.08. The molecule has 0 atom stereocenters. The molecule has 0 radical (unpaired) electrons. The van der Waals surface area contributed by atoms with Gasteiger partial charge in [-0.25, -0.2) is 0 Å². The second-order valence-corrected chi connectivity index (χ2v) is 4.38. The zero-order valence-corrected chi connectivity index (χ0v) is 10.4. The van der Waals surface area contributed by atoms with Crippen LogP contribution in [0.1, 0.15) is 24.0 Å². The monoisotopic (exact) mass is 281 g/mol. The maximum atomic E-state index is 11.4. The van der Waals surface area contributed by atoms with Gasteiger partial charge < -0.3 is 0 Å². The molecule has 1 heterocycles. The standard InChI is InChI=1S/C12H12BrNO2/c13-7-9-1-3-10(4-2-9)8-14-11(15)5-6-12(14)16/h1-4H,5-8H2. The van der Waals surface area contributed by atoms with Crippen molar-refractivity contribution in [2.24, 2.45) is 0 Å². The van der Waals surface area contributed by atoms with Crippen LogP contribution in [0.15, 0.2) is 24.3 Å². The van der Waals surface area contributed by atoms with Crippen molar-refractivity contribution >= 4 is 27.7 Å². The molecule has 0 aliphatic carbocycles. The highest BCUT2D eigenvalue weighted by Gasteiger charge is 2.28. The maximum absolute atomic E-state index is 11.4. The molecule has 1 aromatic rings. The van der Waals surface area contributed by atoms with Crippen LogP contribution in [0.2, 0.25) is 0 Å². The minimum absolute atomic E-state index is 0.0606. The average Bonchev–Trinajstić information content (AvgIpc) is 2.62. The molecule has 0 spiro atoms. The van der Waals surface area contributed by atoms with Crippen molar-refractivity contribution in [3.8, 4) is 0 Å². The zero-order valence-electron chi connectivity index (χ0n) is 8.78. The van der Waals surface area contributed by atoms with Crippen molar-refractivity contribution in [3.63, 3.8) is 0 Å². The Bertz CT molecular complexity index is 398. The molecule has 0 unspecified atom stereocenters. The first-order valence-electron chi connectivity index (χ1n) is 5.17. The normalized spacial score (nSPS) is 15.9. The summed E-state index contributed by atoms with van der Waals surface area (Å²) >= 11 is 3.37. The van der Waals surface area contributed by atoms with E-state index in [9.17, 15) is 9.59 Å². The van der Waals surface area contributed by atoms with Gasteiger partial charge in [0.25, 0.3) is 0 Å². The Kier molecular flexibility index (Phi) is 3.39. The Hall–Kier alpha value is -1.16. The molecule has 1 aliphatic rings. The van der Waals surface area contributed by atoms with Gasteiger partial charge in [0.15, 0.2) is 0 Å². The fraction of sp³-hybridized carbons (Fsp3) is 0.333. The summed E-state index contributed by atoms with van der Waals surface area (Å²) in [6.07, 6.45) is 0.719. The molecule has 84 valence electrons. The third kappa shape index (κ3) is 2.32. The number of hydrogen-bond acceptors (Lipinski definition) is 2. The van der Waals surface area contributed by atoms with Crippen LogP contribution in [0.4, 0.5) is 0 Å². The Morgan fingerprint density at radius 1 is 1.00 bits per heavy atom. The van der Waals surface area contributed by atoms with Gasteiger partial charge in [0.05, 0.1) is 6.54 Å². The number of benzene rings is 1. The van der Waals surface area contributed by atoms with Crippen molar-refractivity contribution in [2.75, 3.05) is 0 Å². The van der Waals surface area contributed by atoms with Gasteiger partial charge in [0.2, 0.25) is 11.8 Å². The highest BCUT2D eigenvalue weighted by atomic mass is 79.9. The summed E-state index contributed by atoms with van der Waals surface area (Å²) in [7, 11) is 0. The van der Waals surface area contributed by atoms with Gasteiger partial charge in [-0.05, 0) is 11.1 Å². The molecule has 0 aromatic heterocycles. The average molecular weight is 282 g/mol. The van der Waals surface area contributed by atoms with Gasteiger partial charge >= 0.3 is 0 Å². The van der Waals surface area contributed by atoms with Crippen LogP contribution in [0.25, 0.3) is 0 Å². The summed E-state index contributed by atoms with van der Waals surface area (Å²) in [5.41, 5.74) is 2.18. The zero-order chi connectivity index (χ0) is 11.5. The third-order valence-corrected chi connectivity index (χ3v) is 3.32. The Labute approximate surface area is 103 Å². The summed E-state index contributed by atoms with van der Waals surface area (Å²) in [5.74, 6) is -0.121. The number of carbonyl (C=O) groups is 2. The Morgan fingerprint density at radius 2 is 1.50 bits per heavy atom. The molecular weight excluding hydrogens is 270 g/mol. The van der Waals surface area contributed by atoms with E-state index in [-0.39, 0.29) is 11.8 Å². The molecule has 0 N–H and O–H groups in total. The fourth-order valence-corrected chi connectivity index (χ4v) is 2.09. The molecule has 1 saturated heterocycles. The second-order valence-electron chi connectivity index (χ2n) is 3.82. The van der Waals surface area contributed by atoms with E-state index in [1.54, 1.807) is 0 Å². The minimum atomic E-state index is -0.0606. The van der Waals surface area contributed by atoms with E-state index in [4.69, 9.17) is 0 Å². The van der Waals surface area contributed by atoms with Crippen molar-refractivity contribution < 1.29 is 9.59 Å². The van der Waals surface area contributed by atoms with Crippen LogP contribution in [0.3, 0.4) is 0 Å². The lowest BCUT2D eigenvalue weighted by Gasteiger charge is -2.13. The van der Waals surface area contributed by atoms with Crippen LogP contribution < -0.4 is 0 Å². The number of rotatable bonds is 3. The number of likely N-dealkylation sites (tertiary alicyclic amines) is 1. The number of imide groups is 1. The van der Waals surface area contributed by atoms with E-state index < -0.39 is 0 Å². The highest BCUT2D eigenvalue weighted by molar-refractivity contribution is 9.08. The molecule has 16 heavy (non-hydrogen) atoms. The van der Waals surface area contributed by atoms with Gasteiger partial charge in [0.1, 0.15) is 0 Å². The quantitative estimate of drug-likeness (QED) is 0.629. The SMILES string of the molecule is O=C1CCC(=O)N1Cc1ccc(CBr)cc1. The number of carbonyl (C=O) groups excluding carboxylic acids is 2. The molecule has 4 heteroatoms. The molecule has 1 aromatic carbocycles. The summed E-state index contributed by atoms with van der Waals surface area (Å²) < 4.78 is 0. The molecule has 2 amide bonds. The van der Waals surface area contributed by atoms with Gasteiger partial charge in [-0.15, -0.1) is 0 Å². The van der Waals surface area contributed by atoms with Crippen LogP contribution in [-0.4, -0.2) is 16.7 Å².